The highest BCUT2D eigenvalue weighted by atomic mass is 79.9. The number of nitrogens with one attached hydrogen (secondary N) is 1. The van der Waals surface area contributed by atoms with Gasteiger partial charge in [0.05, 0.1) is 22.2 Å². The van der Waals surface area contributed by atoms with Gasteiger partial charge in [-0.15, -0.1) is 0 Å². The highest BCUT2D eigenvalue weighted by molar-refractivity contribution is 9.11. The molecule has 2 aromatic rings. The first-order valence-corrected chi connectivity index (χ1v) is 5.76. The summed E-state index contributed by atoms with van der Waals surface area (Å²) in [6.45, 7) is 0. The summed E-state index contributed by atoms with van der Waals surface area (Å²) in [5.74, 6) is 0.929. The highest BCUT2D eigenvalue weighted by Gasteiger charge is 2.09. The summed E-state index contributed by atoms with van der Waals surface area (Å²) in [6, 6.07) is 3.83. The maximum atomic E-state index is 5.26. The van der Waals surface area contributed by atoms with Gasteiger partial charge in [-0.05, 0) is 28.1 Å². The van der Waals surface area contributed by atoms with Gasteiger partial charge in [0, 0.05) is 7.05 Å². The van der Waals surface area contributed by atoms with Gasteiger partial charge in [0.2, 0.25) is 0 Å². The van der Waals surface area contributed by atoms with Gasteiger partial charge in [0.25, 0.3) is 0 Å². The molecule has 0 bridgehead atoms. The molecule has 2 heterocycles. The molecule has 2 aromatic heterocycles. The fourth-order valence-electron chi connectivity index (χ4n) is 1.13. The van der Waals surface area contributed by atoms with E-state index in [9.17, 15) is 0 Å². The standard InChI is InChI=1S/C9H9BrN2OS/c1-11-9-12-7(8(10)14-9)5-6-3-2-4-13-6/h2-4H,5H2,1H3,(H,11,12). The summed E-state index contributed by atoms with van der Waals surface area (Å²) < 4.78 is 6.31. The fourth-order valence-corrected chi connectivity index (χ4v) is 2.48. The van der Waals surface area contributed by atoms with Gasteiger partial charge < -0.3 is 9.73 Å². The van der Waals surface area contributed by atoms with Crippen molar-refractivity contribution in [3.05, 3.63) is 33.6 Å². The quantitative estimate of drug-likeness (QED) is 0.933. The van der Waals surface area contributed by atoms with E-state index in [1.165, 1.54) is 0 Å². The molecule has 0 saturated heterocycles. The molecule has 0 atom stereocenters. The number of hydrogen-bond donors (Lipinski definition) is 1. The van der Waals surface area contributed by atoms with Crippen LogP contribution in [-0.2, 0) is 6.42 Å². The van der Waals surface area contributed by atoms with Gasteiger partial charge in [-0.3, -0.25) is 0 Å². The van der Waals surface area contributed by atoms with Crippen LogP contribution in [0.15, 0.2) is 26.6 Å². The first-order valence-electron chi connectivity index (χ1n) is 4.15. The van der Waals surface area contributed by atoms with Crippen molar-refractivity contribution in [2.75, 3.05) is 12.4 Å². The molecule has 0 aliphatic carbocycles. The van der Waals surface area contributed by atoms with Crippen molar-refractivity contribution in [2.24, 2.45) is 0 Å². The predicted molar refractivity (Wildman–Crippen MR) is 60.9 cm³/mol. The van der Waals surface area contributed by atoms with Crippen molar-refractivity contribution in [3.63, 3.8) is 0 Å². The lowest BCUT2D eigenvalue weighted by atomic mass is 10.3. The van der Waals surface area contributed by atoms with Crippen molar-refractivity contribution in [1.82, 2.24) is 4.98 Å². The Morgan fingerprint density at radius 3 is 3.07 bits per heavy atom. The van der Waals surface area contributed by atoms with Crippen LogP contribution in [0.2, 0.25) is 0 Å². The molecule has 0 saturated carbocycles. The van der Waals surface area contributed by atoms with E-state index in [0.717, 1.165) is 26.8 Å². The minimum atomic E-state index is 0.728. The van der Waals surface area contributed by atoms with Crippen LogP contribution in [0.5, 0.6) is 0 Å². The molecule has 3 nitrogen and oxygen atoms in total. The van der Waals surface area contributed by atoms with Crippen molar-refractivity contribution >= 4 is 32.4 Å². The van der Waals surface area contributed by atoms with E-state index < -0.39 is 0 Å². The Morgan fingerprint density at radius 2 is 2.50 bits per heavy atom. The number of nitrogens with zero attached hydrogens (tertiary/aromatic N) is 1. The summed E-state index contributed by atoms with van der Waals surface area (Å²) in [5.41, 5.74) is 1.01. The summed E-state index contributed by atoms with van der Waals surface area (Å²) in [7, 11) is 1.86. The fraction of sp³-hybridized carbons (Fsp3) is 0.222. The van der Waals surface area contributed by atoms with E-state index in [1.54, 1.807) is 17.6 Å². The zero-order chi connectivity index (χ0) is 9.97. The molecule has 0 radical (unpaired) electrons. The highest BCUT2D eigenvalue weighted by Crippen LogP contribution is 2.29. The van der Waals surface area contributed by atoms with Crippen molar-refractivity contribution in [2.45, 2.75) is 6.42 Å². The van der Waals surface area contributed by atoms with Crippen LogP contribution in [0.25, 0.3) is 0 Å². The normalized spacial score (nSPS) is 10.4. The van der Waals surface area contributed by atoms with E-state index in [-0.39, 0.29) is 0 Å². The molecule has 5 heteroatoms. The minimum Gasteiger partial charge on any atom is -0.469 e. The van der Waals surface area contributed by atoms with E-state index in [1.807, 2.05) is 19.2 Å². The minimum absolute atomic E-state index is 0.728. The molecule has 74 valence electrons. The number of furan rings is 1. The van der Waals surface area contributed by atoms with Crippen molar-refractivity contribution in [1.29, 1.82) is 0 Å². The van der Waals surface area contributed by atoms with Crippen LogP contribution in [0.3, 0.4) is 0 Å². The van der Waals surface area contributed by atoms with Crippen LogP contribution < -0.4 is 5.32 Å². The topological polar surface area (TPSA) is 38.1 Å². The molecule has 0 aromatic carbocycles. The molecule has 0 spiro atoms. The van der Waals surface area contributed by atoms with Gasteiger partial charge in [-0.2, -0.15) is 0 Å². The second-order valence-corrected chi connectivity index (χ2v) is 5.06. The number of aromatic nitrogens is 1. The molecule has 0 unspecified atom stereocenters. The van der Waals surface area contributed by atoms with Crippen molar-refractivity contribution < 1.29 is 4.42 Å². The van der Waals surface area contributed by atoms with E-state index >= 15 is 0 Å². The maximum Gasteiger partial charge on any atom is 0.183 e. The lowest BCUT2D eigenvalue weighted by Crippen LogP contribution is -1.89. The summed E-state index contributed by atoms with van der Waals surface area (Å²) in [4.78, 5) is 4.40. The van der Waals surface area contributed by atoms with Gasteiger partial charge in [0.15, 0.2) is 5.13 Å². The second-order valence-electron chi connectivity index (χ2n) is 2.75. The number of halogens is 1. The Kier molecular flexibility index (Phi) is 2.88. The molecule has 0 aliphatic heterocycles. The third kappa shape index (κ3) is 1.99. The Bertz CT molecular complexity index is 410. The lowest BCUT2D eigenvalue weighted by molar-refractivity contribution is 0.519. The third-order valence-corrected chi connectivity index (χ3v) is 3.63. The molecule has 14 heavy (non-hydrogen) atoms. The lowest BCUT2D eigenvalue weighted by Gasteiger charge is -1.92. The average Bonchev–Trinajstić information content (AvgIpc) is 2.78. The van der Waals surface area contributed by atoms with E-state index in [2.05, 4.69) is 26.2 Å². The van der Waals surface area contributed by atoms with Gasteiger partial charge in [-0.1, -0.05) is 11.3 Å². The van der Waals surface area contributed by atoms with Crippen LogP contribution >= 0.6 is 27.3 Å². The van der Waals surface area contributed by atoms with Gasteiger partial charge >= 0.3 is 0 Å². The zero-order valence-corrected chi connectivity index (χ0v) is 9.98. The number of thiazole rings is 1. The second kappa shape index (κ2) is 4.14. The molecular weight excluding hydrogens is 264 g/mol. The first kappa shape index (κ1) is 9.73. The molecular formula is C9H9BrN2OS. The maximum absolute atomic E-state index is 5.26. The van der Waals surface area contributed by atoms with Gasteiger partial charge in [0.1, 0.15) is 5.76 Å². The van der Waals surface area contributed by atoms with Crippen LogP contribution in [0, 0.1) is 0 Å². The van der Waals surface area contributed by atoms with Crippen LogP contribution in [0.4, 0.5) is 5.13 Å². The molecule has 0 fully saturated rings. The summed E-state index contributed by atoms with van der Waals surface area (Å²) in [5, 5.41) is 3.93. The third-order valence-electron chi connectivity index (χ3n) is 1.79. The zero-order valence-electron chi connectivity index (χ0n) is 7.58. The van der Waals surface area contributed by atoms with Crippen LogP contribution in [-0.4, -0.2) is 12.0 Å². The monoisotopic (exact) mass is 272 g/mol. The Morgan fingerprint density at radius 1 is 1.64 bits per heavy atom. The van der Waals surface area contributed by atoms with Crippen molar-refractivity contribution in [3.8, 4) is 0 Å². The number of rotatable bonds is 3. The molecule has 2 rings (SSSR count). The van der Waals surface area contributed by atoms with Gasteiger partial charge in [-0.25, -0.2) is 4.98 Å². The SMILES string of the molecule is CNc1nc(Cc2ccco2)c(Br)s1. The first-order chi connectivity index (χ1) is 6.79. The molecule has 0 amide bonds. The van der Waals surface area contributed by atoms with Crippen LogP contribution in [0.1, 0.15) is 11.5 Å². The molecule has 1 N–H and O–H groups in total. The average molecular weight is 273 g/mol. The Hall–Kier alpha value is -0.810. The van der Waals surface area contributed by atoms with E-state index in [4.69, 9.17) is 4.42 Å². The van der Waals surface area contributed by atoms with E-state index in [0.29, 0.717) is 0 Å². The molecule has 0 aliphatic rings. The Balaban J connectivity index is 2.20. The smallest absolute Gasteiger partial charge is 0.183 e. The number of hydrogen-bond acceptors (Lipinski definition) is 4. The number of anilines is 1. The summed E-state index contributed by atoms with van der Waals surface area (Å²) in [6.07, 6.45) is 2.40. The Labute approximate surface area is 94.3 Å². The summed E-state index contributed by atoms with van der Waals surface area (Å²) >= 11 is 5.07. The predicted octanol–water partition coefficient (Wildman–Crippen LogP) is 3.13. The largest absolute Gasteiger partial charge is 0.469 e.